The molecule has 5 aliphatic rings. The molecule has 0 aromatic heterocycles. The summed E-state index contributed by atoms with van der Waals surface area (Å²) in [5.41, 5.74) is 0.141. The van der Waals surface area contributed by atoms with Crippen molar-refractivity contribution < 1.29 is 34.1 Å². The maximum Gasteiger partial charge on any atom is 0.309 e. The monoisotopic (exact) mass is 669 g/mol. The largest absolute Gasteiger partial charge is 0.481 e. The molecule has 0 radical (unpaired) electrons. The molecule has 0 aliphatic heterocycles. The Morgan fingerprint density at radius 1 is 0.938 bits per heavy atom. The number of carboxylic acids is 1. The number of hydrogen-bond donors (Lipinski definition) is 2. The number of carbonyl (C=O) groups is 4. The predicted molar refractivity (Wildman–Crippen MR) is 185 cm³/mol. The van der Waals surface area contributed by atoms with Crippen molar-refractivity contribution in [2.24, 2.45) is 56.2 Å². The topological polar surface area (TPSA) is 121 Å². The highest BCUT2D eigenvalue weighted by Crippen LogP contribution is 2.77. The van der Waals surface area contributed by atoms with Crippen LogP contribution in [-0.2, 0) is 23.9 Å². The number of hydrogen-bond acceptors (Lipinski definition) is 6. The molecule has 0 unspecified atom stereocenters. The standard InChI is InChI=1S/C40H63NO7/c1-23(2)32-26(43)20-40(29(44)22-41(11)24(3)42)19-18-38(9)25(33(32)40)12-13-28-37(8)16-15-30(48-31(45)21-35(4,5)34(46)47)36(6,7)27(37)14-17-39(28,38)10/h23,25,27-30,44H,12-22H2,1-11H3,(H,46,47)/t25-,27+,28-,29+,30+,37+,38-,39-,40+/m1/s1. The number of Topliss-reactive ketones (excluding diaryl/α,β-unsaturated/α-hetero) is 1. The van der Waals surface area contributed by atoms with Gasteiger partial charge in [-0.05, 0) is 111 Å². The lowest BCUT2D eigenvalue weighted by Crippen LogP contribution is -2.66. The van der Waals surface area contributed by atoms with Crippen LogP contribution in [0.15, 0.2) is 11.1 Å². The smallest absolute Gasteiger partial charge is 0.309 e. The van der Waals surface area contributed by atoms with Crippen LogP contribution < -0.4 is 0 Å². The van der Waals surface area contributed by atoms with Gasteiger partial charge in [-0.15, -0.1) is 0 Å². The fraction of sp³-hybridized carbons (Fsp3) is 0.850. The summed E-state index contributed by atoms with van der Waals surface area (Å²) >= 11 is 0. The normalized spacial score (nSPS) is 39.6. The molecular formula is C40H63NO7. The fourth-order valence-corrected chi connectivity index (χ4v) is 12.5. The van der Waals surface area contributed by atoms with Gasteiger partial charge in [0, 0.05) is 37.8 Å². The van der Waals surface area contributed by atoms with Crippen LogP contribution in [0.5, 0.6) is 0 Å². The Morgan fingerprint density at radius 2 is 1.58 bits per heavy atom. The van der Waals surface area contributed by atoms with Crippen LogP contribution in [0.2, 0.25) is 0 Å². The Morgan fingerprint density at radius 3 is 2.17 bits per heavy atom. The second-order valence-electron chi connectivity index (χ2n) is 19.0. The maximum atomic E-state index is 13.9. The summed E-state index contributed by atoms with van der Waals surface area (Å²) in [6.07, 6.45) is 6.70. The maximum absolute atomic E-state index is 13.9. The number of carbonyl (C=O) groups excluding carboxylic acids is 3. The minimum Gasteiger partial charge on any atom is -0.481 e. The summed E-state index contributed by atoms with van der Waals surface area (Å²) in [5, 5.41) is 21.5. The molecule has 0 saturated heterocycles. The first-order valence-electron chi connectivity index (χ1n) is 18.6. The van der Waals surface area contributed by atoms with Crippen molar-refractivity contribution in [2.45, 2.75) is 146 Å². The number of fused-ring (bicyclic) bond motifs is 7. The summed E-state index contributed by atoms with van der Waals surface area (Å²) in [6.45, 7) is 21.1. The number of carboxylic acid groups (broad SMARTS) is 1. The zero-order valence-electron chi connectivity index (χ0n) is 31.6. The van der Waals surface area contributed by atoms with Gasteiger partial charge in [-0.3, -0.25) is 19.2 Å². The second-order valence-corrected chi connectivity index (χ2v) is 19.0. The minimum atomic E-state index is -1.17. The molecule has 0 bridgehead atoms. The third kappa shape index (κ3) is 5.31. The van der Waals surface area contributed by atoms with Crippen LogP contribution in [0.1, 0.15) is 133 Å². The van der Waals surface area contributed by atoms with Crippen LogP contribution in [0.25, 0.3) is 0 Å². The summed E-state index contributed by atoms with van der Waals surface area (Å²) < 4.78 is 6.13. The highest BCUT2D eigenvalue weighted by molar-refractivity contribution is 6.00. The van der Waals surface area contributed by atoms with E-state index in [0.717, 1.165) is 56.9 Å². The minimum absolute atomic E-state index is 0.0281. The van der Waals surface area contributed by atoms with Crippen molar-refractivity contribution >= 4 is 23.6 Å². The van der Waals surface area contributed by atoms with Gasteiger partial charge >= 0.3 is 11.9 Å². The van der Waals surface area contributed by atoms with E-state index in [2.05, 4.69) is 48.5 Å². The van der Waals surface area contributed by atoms with E-state index in [1.165, 1.54) is 12.5 Å². The zero-order valence-corrected chi connectivity index (χ0v) is 31.6. The molecule has 0 spiro atoms. The Kier molecular flexibility index (Phi) is 9.22. The average molecular weight is 670 g/mol. The number of likely N-dealkylation sites (N-methyl/N-ethyl adjacent to an activating group) is 1. The third-order valence-corrected chi connectivity index (χ3v) is 15.5. The van der Waals surface area contributed by atoms with Crippen molar-refractivity contribution in [3.05, 3.63) is 11.1 Å². The zero-order chi connectivity index (χ0) is 36.0. The molecule has 4 fully saturated rings. The number of esters is 1. The summed E-state index contributed by atoms with van der Waals surface area (Å²) in [7, 11) is 1.73. The van der Waals surface area contributed by atoms with E-state index in [4.69, 9.17) is 4.74 Å². The van der Waals surface area contributed by atoms with Crippen LogP contribution in [0.4, 0.5) is 0 Å². The van der Waals surface area contributed by atoms with Crippen LogP contribution in [0.3, 0.4) is 0 Å². The van der Waals surface area contributed by atoms with E-state index in [0.29, 0.717) is 18.3 Å². The number of aliphatic hydroxyl groups is 1. The molecule has 5 rings (SSSR count). The van der Waals surface area contributed by atoms with E-state index >= 15 is 0 Å². The first kappa shape index (κ1) is 37.0. The molecule has 4 saturated carbocycles. The van der Waals surface area contributed by atoms with Gasteiger partial charge in [-0.1, -0.05) is 54.0 Å². The molecule has 1 amide bonds. The van der Waals surface area contributed by atoms with Crippen LogP contribution in [0, 0.1) is 56.2 Å². The number of allylic oxidation sites excluding steroid dienone is 1. The van der Waals surface area contributed by atoms with E-state index < -0.39 is 28.9 Å². The van der Waals surface area contributed by atoms with Crippen molar-refractivity contribution in [3.8, 4) is 0 Å². The van der Waals surface area contributed by atoms with Crippen LogP contribution >= 0.6 is 0 Å². The van der Waals surface area contributed by atoms with E-state index in [1.54, 1.807) is 25.8 Å². The number of aliphatic hydroxyl groups excluding tert-OH is 1. The number of amides is 1. The van der Waals surface area contributed by atoms with Crippen molar-refractivity contribution in [3.63, 3.8) is 0 Å². The lowest BCUT2D eigenvalue weighted by Gasteiger charge is -2.72. The van der Waals surface area contributed by atoms with Crippen molar-refractivity contribution in [1.29, 1.82) is 0 Å². The SMILES string of the molecule is CC(=O)N(C)C[C@H](O)[C@@]12CC[C@]3(C)[C@H](CC[C@@H]4[C@@]5(C)CC[C@H](OC(=O)CC(C)(C)C(=O)O)C(C)(C)[C@@H]5CC[C@]43C)C1=C(C(C)C)C(=O)C2. The quantitative estimate of drug-likeness (QED) is 0.262. The Bertz CT molecular complexity index is 1400. The van der Waals surface area contributed by atoms with Gasteiger partial charge in [0.15, 0.2) is 5.78 Å². The van der Waals surface area contributed by atoms with E-state index in [1.807, 2.05) is 0 Å². The van der Waals surface area contributed by atoms with Gasteiger partial charge in [0.25, 0.3) is 0 Å². The number of nitrogens with zero attached hydrogens (tertiary/aromatic N) is 1. The van der Waals surface area contributed by atoms with Crippen molar-refractivity contribution in [2.75, 3.05) is 13.6 Å². The molecule has 2 N–H and O–H groups in total. The summed E-state index contributed by atoms with van der Waals surface area (Å²) in [4.78, 5) is 52.4. The predicted octanol–water partition coefficient (Wildman–Crippen LogP) is 7.22. The lowest BCUT2D eigenvalue weighted by atomic mass is 9.33. The van der Waals surface area contributed by atoms with E-state index in [-0.39, 0.29) is 64.3 Å². The Balaban J connectivity index is 1.46. The highest BCUT2D eigenvalue weighted by Gasteiger charge is 2.70. The molecule has 48 heavy (non-hydrogen) atoms. The first-order valence-corrected chi connectivity index (χ1v) is 18.6. The van der Waals surface area contributed by atoms with E-state index in [9.17, 15) is 29.4 Å². The second kappa shape index (κ2) is 11.9. The Hall–Kier alpha value is -2.22. The molecule has 8 heteroatoms. The number of ether oxygens (including phenoxy) is 1. The molecule has 8 nitrogen and oxygen atoms in total. The van der Waals surface area contributed by atoms with Gasteiger partial charge in [0.2, 0.25) is 5.91 Å². The first-order chi connectivity index (χ1) is 22.0. The molecule has 0 aromatic carbocycles. The summed E-state index contributed by atoms with van der Waals surface area (Å²) in [6, 6.07) is 0. The average Bonchev–Trinajstić information content (AvgIpc) is 3.27. The highest BCUT2D eigenvalue weighted by atomic mass is 16.5. The number of ketones is 1. The summed E-state index contributed by atoms with van der Waals surface area (Å²) in [5.74, 6) is -0.231. The molecule has 9 atom stereocenters. The van der Waals surface area contributed by atoms with Crippen LogP contribution in [-0.4, -0.2) is 64.5 Å². The molecule has 5 aliphatic carbocycles. The number of aliphatic carboxylic acids is 1. The van der Waals surface area contributed by atoms with Gasteiger partial charge < -0.3 is 19.8 Å². The fourth-order valence-electron chi connectivity index (χ4n) is 12.5. The van der Waals surface area contributed by atoms with Gasteiger partial charge in [0.05, 0.1) is 17.9 Å². The van der Waals surface area contributed by atoms with Gasteiger partial charge in [0.1, 0.15) is 6.10 Å². The molecule has 0 heterocycles. The van der Waals surface area contributed by atoms with Gasteiger partial charge in [-0.25, -0.2) is 0 Å². The molecular weight excluding hydrogens is 606 g/mol. The Labute approximate surface area is 288 Å². The number of rotatable bonds is 8. The third-order valence-electron chi connectivity index (χ3n) is 15.5. The molecule has 0 aromatic rings. The van der Waals surface area contributed by atoms with Crippen molar-refractivity contribution in [1.82, 2.24) is 4.90 Å². The van der Waals surface area contributed by atoms with Gasteiger partial charge in [-0.2, -0.15) is 0 Å². The lowest BCUT2D eigenvalue weighted by molar-refractivity contribution is -0.235. The molecule has 270 valence electrons.